The fraction of sp³-hybridized carbons (Fsp3) is 0.467. The number of nitrogens with zero attached hydrogens (tertiary/aromatic N) is 1. The third-order valence-electron chi connectivity index (χ3n) is 3.55. The Hall–Kier alpha value is -1.88. The Morgan fingerprint density at radius 2 is 2.35 bits per heavy atom. The van der Waals surface area contributed by atoms with Gasteiger partial charge in [0.05, 0.1) is 0 Å². The van der Waals surface area contributed by atoms with Gasteiger partial charge < -0.3 is 15.6 Å². The Kier molecular flexibility index (Phi) is 3.97. The predicted molar refractivity (Wildman–Crippen MR) is 78.2 cm³/mol. The van der Waals surface area contributed by atoms with Gasteiger partial charge in [0.2, 0.25) is 5.91 Å². The van der Waals surface area contributed by atoms with E-state index in [0.29, 0.717) is 12.5 Å². The number of pyridine rings is 1. The van der Waals surface area contributed by atoms with Crippen molar-refractivity contribution in [2.75, 3.05) is 6.54 Å². The van der Waals surface area contributed by atoms with E-state index in [-0.39, 0.29) is 5.91 Å². The van der Waals surface area contributed by atoms with Crippen molar-refractivity contribution in [1.82, 2.24) is 20.6 Å². The van der Waals surface area contributed by atoms with Crippen molar-refractivity contribution in [2.24, 2.45) is 0 Å². The van der Waals surface area contributed by atoms with Gasteiger partial charge in [-0.15, -0.1) is 0 Å². The Morgan fingerprint density at radius 3 is 3.20 bits per heavy atom. The third-order valence-corrected chi connectivity index (χ3v) is 3.55. The van der Waals surface area contributed by atoms with Gasteiger partial charge in [0, 0.05) is 36.8 Å². The second-order valence-corrected chi connectivity index (χ2v) is 5.34. The molecule has 1 fully saturated rings. The molecule has 0 atom stereocenters. The average Bonchev–Trinajstić information content (AvgIpc) is 3.17. The molecule has 0 aromatic carbocycles. The quantitative estimate of drug-likeness (QED) is 0.672. The van der Waals surface area contributed by atoms with Crippen LogP contribution in [0.1, 0.15) is 31.2 Å². The maximum Gasteiger partial charge on any atom is 0.220 e. The summed E-state index contributed by atoms with van der Waals surface area (Å²) in [6.45, 7) is 1.65. The molecule has 0 aliphatic heterocycles. The summed E-state index contributed by atoms with van der Waals surface area (Å²) < 4.78 is 0. The van der Waals surface area contributed by atoms with Gasteiger partial charge in [-0.3, -0.25) is 4.79 Å². The van der Waals surface area contributed by atoms with E-state index in [4.69, 9.17) is 0 Å². The first-order valence-electron chi connectivity index (χ1n) is 7.24. The number of carbonyl (C=O) groups excluding carboxylic acids is 1. The van der Waals surface area contributed by atoms with Gasteiger partial charge in [0.15, 0.2) is 0 Å². The summed E-state index contributed by atoms with van der Waals surface area (Å²) in [7, 11) is 0. The van der Waals surface area contributed by atoms with Gasteiger partial charge in [-0.05, 0) is 43.5 Å². The summed E-state index contributed by atoms with van der Waals surface area (Å²) >= 11 is 0. The van der Waals surface area contributed by atoms with E-state index in [9.17, 15) is 4.79 Å². The van der Waals surface area contributed by atoms with Crippen molar-refractivity contribution in [1.29, 1.82) is 0 Å². The molecule has 1 saturated carbocycles. The van der Waals surface area contributed by atoms with Crippen molar-refractivity contribution >= 4 is 16.9 Å². The number of carbonyl (C=O) groups is 1. The van der Waals surface area contributed by atoms with E-state index in [0.717, 1.165) is 43.4 Å². The number of hydrogen-bond acceptors (Lipinski definition) is 3. The monoisotopic (exact) mass is 272 g/mol. The van der Waals surface area contributed by atoms with E-state index < -0.39 is 0 Å². The van der Waals surface area contributed by atoms with Gasteiger partial charge in [-0.25, -0.2) is 4.98 Å². The highest BCUT2D eigenvalue weighted by Gasteiger charge is 2.22. The highest BCUT2D eigenvalue weighted by molar-refractivity contribution is 5.79. The van der Waals surface area contributed by atoms with Crippen molar-refractivity contribution in [2.45, 2.75) is 38.3 Å². The normalized spacial score (nSPS) is 14.6. The topological polar surface area (TPSA) is 69.8 Å². The second kappa shape index (κ2) is 6.05. The number of aromatic amines is 1. The number of hydrogen-bond donors (Lipinski definition) is 3. The lowest BCUT2D eigenvalue weighted by molar-refractivity contribution is -0.121. The Balaban J connectivity index is 1.38. The molecule has 0 bridgehead atoms. The zero-order valence-corrected chi connectivity index (χ0v) is 11.5. The van der Waals surface area contributed by atoms with Crippen molar-refractivity contribution in [3.05, 3.63) is 30.1 Å². The Labute approximate surface area is 118 Å². The predicted octanol–water partition coefficient (Wildman–Crippen LogP) is 1.71. The lowest BCUT2D eigenvalue weighted by atomic mass is 10.2. The van der Waals surface area contributed by atoms with Crippen LogP contribution in [-0.4, -0.2) is 28.5 Å². The van der Waals surface area contributed by atoms with E-state index in [2.05, 4.69) is 26.7 Å². The first-order chi connectivity index (χ1) is 9.83. The molecule has 1 amide bonds. The van der Waals surface area contributed by atoms with Crippen LogP contribution in [-0.2, 0) is 11.3 Å². The van der Waals surface area contributed by atoms with Crippen molar-refractivity contribution < 1.29 is 4.79 Å². The summed E-state index contributed by atoms with van der Waals surface area (Å²) in [4.78, 5) is 18.9. The molecule has 5 nitrogen and oxygen atoms in total. The second-order valence-electron chi connectivity index (χ2n) is 5.34. The smallest absolute Gasteiger partial charge is 0.220 e. The maximum atomic E-state index is 11.5. The van der Waals surface area contributed by atoms with Crippen LogP contribution in [0.15, 0.2) is 24.5 Å². The molecule has 1 aliphatic rings. The summed E-state index contributed by atoms with van der Waals surface area (Å²) in [5.41, 5.74) is 2.14. The lowest BCUT2D eigenvalue weighted by Gasteiger charge is -2.05. The molecule has 20 heavy (non-hydrogen) atoms. The van der Waals surface area contributed by atoms with Gasteiger partial charge in [0.25, 0.3) is 0 Å². The van der Waals surface area contributed by atoms with Crippen LogP contribution in [0.2, 0.25) is 0 Å². The zero-order valence-electron chi connectivity index (χ0n) is 11.5. The standard InChI is InChI=1S/C15H20N4O/c20-14(19-12-5-6-12)4-2-7-16-9-11-10-18-15-13(11)3-1-8-17-15/h1,3,8,10,12,16H,2,4-7,9H2,(H,17,18)(H,19,20). The maximum absolute atomic E-state index is 11.5. The first-order valence-corrected chi connectivity index (χ1v) is 7.24. The number of nitrogens with one attached hydrogen (secondary N) is 3. The van der Waals surface area contributed by atoms with Gasteiger partial charge in [-0.1, -0.05) is 0 Å². The largest absolute Gasteiger partial charge is 0.353 e. The van der Waals surface area contributed by atoms with Crippen LogP contribution in [0.4, 0.5) is 0 Å². The lowest BCUT2D eigenvalue weighted by Crippen LogP contribution is -2.26. The molecule has 2 aromatic rings. The molecule has 0 spiro atoms. The van der Waals surface area contributed by atoms with Crippen LogP contribution in [0.3, 0.4) is 0 Å². The molecule has 3 N–H and O–H groups in total. The molecule has 5 heteroatoms. The van der Waals surface area contributed by atoms with E-state index in [1.165, 1.54) is 5.56 Å². The van der Waals surface area contributed by atoms with Crippen LogP contribution < -0.4 is 10.6 Å². The molecule has 0 saturated heterocycles. The average molecular weight is 272 g/mol. The molecule has 2 aromatic heterocycles. The van der Waals surface area contributed by atoms with Crippen LogP contribution in [0.25, 0.3) is 11.0 Å². The molecular formula is C15H20N4O. The number of amides is 1. The summed E-state index contributed by atoms with van der Waals surface area (Å²) in [6.07, 6.45) is 7.56. The highest BCUT2D eigenvalue weighted by atomic mass is 16.1. The highest BCUT2D eigenvalue weighted by Crippen LogP contribution is 2.18. The summed E-state index contributed by atoms with van der Waals surface area (Å²) in [5, 5.41) is 7.54. The zero-order chi connectivity index (χ0) is 13.8. The molecule has 3 rings (SSSR count). The Morgan fingerprint density at radius 1 is 1.45 bits per heavy atom. The fourth-order valence-electron chi connectivity index (χ4n) is 2.28. The van der Waals surface area contributed by atoms with Crippen LogP contribution in [0, 0.1) is 0 Å². The molecule has 0 unspecified atom stereocenters. The van der Waals surface area contributed by atoms with Crippen molar-refractivity contribution in [3.8, 4) is 0 Å². The Bertz CT molecular complexity index is 588. The number of aromatic nitrogens is 2. The summed E-state index contributed by atoms with van der Waals surface area (Å²) in [5.74, 6) is 0.186. The molecule has 2 heterocycles. The minimum atomic E-state index is 0.186. The van der Waals surface area contributed by atoms with Crippen molar-refractivity contribution in [3.63, 3.8) is 0 Å². The molecule has 106 valence electrons. The van der Waals surface area contributed by atoms with Crippen LogP contribution in [0.5, 0.6) is 0 Å². The third kappa shape index (κ3) is 3.36. The van der Waals surface area contributed by atoms with E-state index in [1.807, 2.05) is 12.3 Å². The molecule has 1 aliphatic carbocycles. The number of fused-ring (bicyclic) bond motifs is 1. The van der Waals surface area contributed by atoms with Gasteiger partial charge in [0.1, 0.15) is 5.65 Å². The minimum absolute atomic E-state index is 0.186. The number of rotatable bonds is 7. The number of H-pyrrole nitrogens is 1. The van der Waals surface area contributed by atoms with Gasteiger partial charge >= 0.3 is 0 Å². The van der Waals surface area contributed by atoms with Crippen LogP contribution >= 0.6 is 0 Å². The van der Waals surface area contributed by atoms with Gasteiger partial charge in [-0.2, -0.15) is 0 Å². The SMILES string of the molecule is O=C(CCCNCc1c[nH]c2ncccc12)NC1CC1. The minimum Gasteiger partial charge on any atom is -0.353 e. The molecule has 0 radical (unpaired) electrons. The molecular weight excluding hydrogens is 252 g/mol. The summed E-state index contributed by atoms with van der Waals surface area (Å²) in [6, 6.07) is 4.48. The van der Waals surface area contributed by atoms with E-state index >= 15 is 0 Å². The first kappa shape index (κ1) is 13.1. The van der Waals surface area contributed by atoms with E-state index in [1.54, 1.807) is 6.20 Å². The fourth-order valence-corrected chi connectivity index (χ4v) is 2.28.